The van der Waals surface area contributed by atoms with E-state index < -0.39 is 0 Å². The molecule has 3 N–H and O–H groups in total. The molecule has 8 nitrogen and oxygen atoms in total. The maximum atomic E-state index is 11.2. The lowest BCUT2D eigenvalue weighted by Gasteiger charge is -2.12. The standard InChI is InChI=1S/C14H18ClN7O/c1-3-4-5-9-17-10(11(15)18-9)13-16-6-7-22(13)8(2)12-19-14(23)21-20-12/h6-8H,3-5H2,1-2H3,(H,17,18)(H2,19,20,21,23). The zero-order valence-electron chi connectivity index (χ0n) is 12.9. The van der Waals surface area contributed by atoms with Crippen LogP contribution in [-0.2, 0) is 6.42 Å². The quantitative estimate of drug-likeness (QED) is 0.642. The van der Waals surface area contributed by atoms with Crippen LogP contribution in [0, 0.1) is 0 Å². The molecule has 0 fully saturated rings. The van der Waals surface area contributed by atoms with Crippen LogP contribution < -0.4 is 5.69 Å². The zero-order chi connectivity index (χ0) is 16.4. The van der Waals surface area contributed by atoms with Gasteiger partial charge in [-0.1, -0.05) is 24.9 Å². The summed E-state index contributed by atoms with van der Waals surface area (Å²) in [5, 5.41) is 6.80. The molecule has 0 radical (unpaired) electrons. The molecule has 3 aromatic heterocycles. The number of unbranched alkanes of at least 4 members (excludes halogenated alkanes) is 1. The Balaban J connectivity index is 1.94. The van der Waals surface area contributed by atoms with Crippen LogP contribution in [0.5, 0.6) is 0 Å². The van der Waals surface area contributed by atoms with E-state index in [2.05, 4.69) is 37.1 Å². The minimum absolute atomic E-state index is 0.210. The average Bonchev–Trinajstić information content (AvgIpc) is 3.23. The molecule has 122 valence electrons. The number of imidazole rings is 2. The van der Waals surface area contributed by atoms with Gasteiger partial charge in [-0.3, -0.25) is 4.98 Å². The molecule has 3 heterocycles. The molecule has 0 aliphatic rings. The second kappa shape index (κ2) is 6.41. The van der Waals surface area contributed by atoms with Crippen LogP contribution in [0.25, 0.3) is 11.5 Å². The van der Waals surface area contributed by atoms with Crippen LogP contribution in [0.15, 0.2) is 17.2 Å². The van der Waals surface area contributed by atoms with Crippen molar-refractivity contribution in [1.82, 2.24) is 34.7 Å². The first kappa shape index (κ1) is 15.5. The van der Waals surface area contributed by atoms with Crippen molar-refractivity contribution in [3.05, 3.63) is 39.7 Å². The minimum atomic E-state index is -0.340. The summed E-state index contributed by atoms with van der Waals surface area (Å²) < 4.78 is 1.87. The highest BCUT2D eigenvalue weighted by atomic mass is 35.5. The molecular weight excluding hydrogens is 318 g/mol. The van der Waals surface area contributed by atoms with Gasteiger partial charge in [0, 0.05) is 18.8 Å². The van der Waals surface area contributed by atoms with E-state index in [1.807, 2.05) is 17.7 Å². The maximum Gasteiger partial charge on any atom is 0.340 e. The Labute approximate surface area is 137 Å². The molecule has 0 aliphatic heterocycles. The summed E-state index contributed by atoms with van der Waals surface area (Å²) >= 11 is 6.29. The Morgan fingerprint density at radius 2 is 2.22 bits per heavy atom. The van der Waals surface area contributed by atoms with Crippen molar-refractivity contribution in [2.24, 2.45) is 0 Å². The summed E-state index contributed by atoms with van der Waals surface area (Å²) in [6.07, 6.45) is 6.46. The average molecular weight is 336 g/mol. The third-order valence-electron chi connectivity index (χ3n) is 3.69. The summed E-state index contributed by atoms with van der Waals surface area (Å²) in [6.45, 7) is 4.04. The van der Waals surface area contributed by atoms with E-state index in [4.69, 9.17) is 11.6 Å². The van der Waals surface area contributed by atoms with Gasteiger partial charge in [0.05, 0.1) is 6.04 Å². The topological polar surface area (TPSA) is 108 Å². The fourth-order valence-electron chi connectivity index (χ4n) is 2.43. The number of nitrogens with zero attached hydrogens (tertiary/aromatic N) is 4. The molecule has 23 heavy (non-hydrogen) atoms. The number of aromatic nitrogens is 7. The van der Waals surface area contributed by atoms with Gasteiger partial charge in [0.1, 0.15) is 16.7 Å². The van der Waals surface area contributed by atoms with Crippen molar-refractivity contribution in [1.29, 1.82) is 0 Å². The van der Waals surface area contributed by atoms with Gasteiger partial charge in [0.2, 0.25) is 0 Å². The third kappa shape index (κ3) is 3.07. The van der Waals surface area contributed by atoms with Crippen molar-refractivity contribution in [3.8, 4) is 11.5 Å². The minimum Gasteiger partial charge on any atom is -0.332 e. The third-order valence-corrected chi connectivity index (χ3v) is 3.96. The van der Waals surface area contributed by atoms with Crippen molar-refractivity contribution >= 4 is 11.6 Å². The maximum absolute atomic E-state index is 11.2. The van der Waals surface area contributed by atoms with Crippen LogP contribution in [0.4, 0.5) is 0 Å². The van der Waals surface area contributed by atoms with Crippen LogP contribution in [-0.4, -0.2) is 34.7 Å². The Bertz CT molecular complexity index is 843. The number of hydrogen-bond donors (Lipinski definition) is 3. The van der Waals surface area contributed by atoms with Crippen molar-refractivity contribution in [2.75, 3.05) is 0 Å². The smallest absolute Gasteiger partial charge is 0.332 e. The summed E-state index contributed by atoms with van der Waals surface area (Å²) in [5.41, 5.74) is 0.265. The van der Waals surface area contributed by atoms with Gasteiger partial charge >= 0.3 is 5.69 Å². The van der Waals surface area contributed by atoms with Crippen LogP contribution in [0.2, 0.25) is 5.15 Å². The van der Waals surface area contributed by atoms with Crippen molar-refractivity contribution in [2.45, 2.75) is 39.2 Å². The lowest BCUT2D eigenvalue weighted by atomic mass is 10.2. The molecule has 0 bridgehead atoms. The fourth-order valence-corrected chi connectivity index (χ4v) is 2.67. The Hall–Kier alpha value is -2.35. The van der Waals surface area contributed by atoms with E-state index in [1.54, 1.807) is 6.20 Å². The number of nitrogens with one attached hydrogen (secondary N) is 3. The first-order valence-corrected chi connectivity index (χ1v) is 7.90. The summed E-state index contributed by atoms with van der Waals surface area (Å²) in [5.74, 6) is 2.00. The number of aryl methyl sites for hydroxylation is 1. The van der Waals surface area contributed by atoms with Gasteiger partial charge in [0.15, 0.2) is 11.6 Å². The first-order valence-electron chi connectivity index (χ1n) is 7.52. The Morgan fingerprint density at radius 3 is 2.91 bits per heavy atom. The highest BCUT2D eigenvalue weighted by Gasteiger charge is 2.20. The van der Waals surface area contributed by atoms with Gasteiger partial charge in [0.25, 0.3) is 0 Å². The van der Waals surface area contributed by atoms with Gasteiger partial charge < -0.3 is 9.55 Å². The fraction of sp³-hybridized carbons (Fsp3) is 0.429. The molecule has 1 atom stereocenters. The second-order valence-corrected chi connectivity index (χ2v) is 5.72. The molecule has 1 unspecified atom stereocenters. The number of hydrogen-bond acceptors (Lipinski definition) is 4. The highest BCUT2D eigenvalue weighted by molar-refractivity contribution is 6.31. The van der Waals surface area contributed by atoms with Crippen LogP contribution >= 0.6 is 11.6 Å². The predicted molar refractivity (Wildman–Crippen MR) is 86.5 cm³/mol. The molecule has 3 aromatic rings. The highest BCUT2D eigenvalue weighted by Crippen LogP contribution is 2.28. The molecule has 9 heteroatoms. The Morgan fingerprint density at radius 1 is 1.39 bits per heavy atom. The lowest BCUT2D eigenvalue weighted by Crippen LogP contribution is -2.11. The van der Waals surface area contributed by atoms with E-state index in [-0.39, 0.29) is 11.7 Å². The normalized spacial score (nSPS) is 12.7. The molecule has 0 aliphatic carbocycles. The van der Waals surface area contributed by atoms with E-state index in [0.29, 0.717) is 22.5 Å². The zero-order valence-corrected chi connectivity index (χ0v) is 13.7. The second-order valence-electron chi connectivity index (χ2n) is 5.35. The van der Waals surface area contributed by atoms with E-state index in [1.165, 1.54) is 0 Å². The molecule has 0 spiro atoms. The van der Waals surface area contributed by atoms with Crippen LogP contribution in [0.1, 0.15) is 44.4 Å². The molecule has 0 saturated heterocycles. The van der Waals surface area contributed by atoms with E-state index >= 15 is 0 Å². The van der Waals surface area contributed by atoms with Gasteiger partial charge in [-0.25, -0.2) is 19.9 Å². The largest absolute Gasteiger partial charge is 0.340 e. The number of H-pyrrole nitrogens is 3. The Kier molecular flexibility index (Phi) is 4.33. The van der Waals surface area contributed by atoms with E-state index in [9.17, 15) is 4.79 Å². The van der Waals surface area contributed by atoms with Gasteiger partial charge in [-0.2, -0.15) is 5.10 Å². The summed E-state index contributed by atoms with van der Waals surface area (Å²) in [7, 11) is 0. The van der Waals surface area contributed by atoms with Gasteiger partial charge in [-0.15, -0.1) is 0 Å². The lowest BCUT2D eigenvalue weighted by molar-refractivity contribution is 0.606. The van der Waals surface area contributed by atoms with Crippen molar-refractivity contribution in [3.63, 3.8) is 0 Å². The number of rotatable bonds is 6. The van der Waals surface area contributed by atoms with Crippen LogP contribution in [0.3, 0.4) is 0 Å². The monoisotopic (exact) mass is 335 g/mol. The summed E-state index contributed by atoms with van der Waals surface area (Å²) in [4.78, 5) is 25.9. The first-order chi connectivity index (χ1) is 11.1. The SMILES string of the molecule is CCCCc1nc(-c2nccn2C(C)c2n[nH]c(=O)[nH]2)c(Cl)[nH]1. The molecule has 0 amide bonds. The summed E-state index contributed by atoms with van der Waals surface area (Å²) in [6, 6.07) is -0.210. The molecule has 0 aromatic carbocycles. The molecule has 3 rings (SSSR count). The number of halogens is 1. The van der Waals surface area contributed by atoms with Gasteiger partial charge in [-0.05, 0) is 13.3 Å². The predicted octanol–water partition coefficient (Wildman–Crippen LogP) is 2.29. The molecular formula is C14H18ClN7O. The number of aromatic amines is 3. The van der Waals surface area contributed by atoms with Crippen molar-refractivity contribution < 1.29 is 0 Å². The molecule has 0 saturated carbocycles. The van der Waals surface area contributed by atoms with E-state index in [0.717, 1.165) is 25.1 Å².